The Morgan fingerprint density at radius 3 is 2.94 bits per heavy atom. The lowest BCUT2D eigenvalue weighted by atomic mass is 10.1. The van der Waals surface area contributed by atoms with E-state index < -0.39 is 5.97 Å². The molecular weight excluding hydrogens is 234 g/mol. The third kappa shape index (κ3) is 2.53. The lowest BCUT2D eigenvalue weighted by molar-refractivity contribution is -0.123. The van der Waals surface area contributed by atoms with Gasteiger partial charge in [-0.25, -0.2) is 4.79 Å². The number of aromatic carboxylic acids is 1. The summed E-state index contributed by atoms with van der Waals surface area (Å²) in [7, 11) is 0. The van der Waals surface area contributed by atoms with Crippen LogP contribution < -0.4 is 16.4 Å². The van der Waals surface area contributed by atoms with Crippen molar-refractivity contribution in [3.8, 4) is 0 Å². The van der Waals surface area contributed by atoms with Crippen LogP contribution in [-0.4, -0.2) is 29.6 Å². The molecule has 0 aliphatic carbocycles. The van der Waals surface area contributed by atoms with E-state index in [2.05, 4.69) is 10.6 Å². The van der Waals surface area contributed by atoms with Crippen LogP contribution in [0.3, 0.4) is 0 Å². The molecular formula is C12H15N3O3. The summed E-state index contributed by atoms with van der Waals surface area (Å²) < 4.78 is 0. The number of nitrogens with two attached hydrogens (primary N) is 1. The molecule has 5 N–H and O–H groups in total. The molecule has 1 atom stereocenters. The van der Waals surface area contributed by atoms with Gasteiger partial charge in [0.1, 0.15) is 6.04 Å². The fraction of sp³-hybridized carbons (Fsp3) is 0.333. The molecule has 2 rings (SSSR count). The average molecular weight is 249 g/mol. The molecule has 0 radical (unpaired) electrons. The zero-order valence-electron chi connectivity index (χ0n) is 9.77. The van der Waals surface area contributed by atoms with Gasteiger partial charge in [-0.05, 0) is 31.0 Å². The van der Waals surface area contributed by atoms with Crippen LogP contribution in [0.4, 0.5) is 11.4 Å². The van der Waals surface area contributed by atoms with E-state index in [0.29, 0.717) is 12.2 Å². The number of hydrogen-bond acceptors (Lipinski definition) is 4. The molecule has 0 saturated carbocycles. The summed E-state index contributed by atoms with van der Waals surface area (Å²) in [5.41, 5.74) is 6.40. The summed E-state index contributed by atoms with van der Waals surface area (Å²) in [6.45, 7) is 0.694. The number of benzene rings is 1. The van der Waals surface area contributed by atoms with Crippen molar-refractivity contribution in [3.05, 3.63) is 23.8 Å². The summed E-state index contributed by atoms with van der Waals surface area (Å²) in [4.78, 5) is 22.5. The van der Waals surface area contributed by atoms with Gasteiger partial charge in [-0.1, -0.05) is 0 Å². The highest BCUT2D eigenvalue weighted by Crippen LogP contribution is 2.20. The topological polar surface area (TPSA) is 104 Å². The molecule has 6 nitrogen and oxygen atoms in total. The Bertz CT molecular complexity index is 487. The number of nitrogens with one attached hydrogen (secondary N) is 2. The van der Waals surface area contributed by atoms with E-state index in [0.717, 1.165) is 12.8 Å². The van der Waals surface area contributed by atoms with Gasteiger partial charge in [-0.2, -0.15) is 0 Å². The molecule has 96 valence electrons. The lowest BCUT2D eigenvalue weighted by Crippen LogP contribution is -2.44. The van der Waals surface area contributed by atoms with Crippen LogP contribution in [0.2, 0.25) is 0 Å². The first-order valence-corrected chi connectivity index (χ1v) is 5.75. The van der Waals surface area contributed by atoms with Gasteiger partial charge in [0.15, 0.2) is 0 Å². The number of carbonyl (C=O) groups is 2. The second-order valence-corrected chi connectivity index (χ2v) is 4.24. The maximum Gasteiger partial charge on any atom is 0.337 e. The minimum absolute atomic E-state index is 0.0382. The quantitative estimate of drug-likeness (QED) is 0.589. The van der Waals surface area contributed by atoms with Gasteiger partial charge in [0.05, 0.1) is 5.56 Å². The number of carboxylic acids is 1. The smallest absolute Gasteiger partial charge is 0.337 e. The van der Waals surface area contributed by atoms with E-state index in [1.165, 1.54) is 12.1 Å². The Morgan fingerprint density at radius 2 is 2.28 bits per heavy atom. The maximum absolute atomic E-state index is 11.6. The molecule has 0 bridgehead atoms. The molecule has 6 heteroatoms. The van der Waals surface area contributed by atoms with Crippen LogP contribution in [0.25, 0.3) is 0 Å². The second-order valence-electron chi connectivity index (χ2n) is 4.24. The number of carbonyl (C=O) groups excluding carboxylic acids is 1. The molecule has 1 saturated heterocycles. The summed E-state index contributed by atoms with van der Waals surface area (Å²) >= 11 is 0. The Balaban J connectivity index is 2.16. The highest BCUT2D eigenvalue weighted by atomic mass is 16.4. The van der Waals surface area contributed by atoms with Crippen LogP contribution in [0.5, 0.6) is 0 Å². The lowest BCUT2D eigenvalue weighted by Gasteiger charge is -2.23. The summed E-state index contributed by atoms with van der Waals surface area (Å²) in [6.07, 6.45) is 1.64. The Hall–Kier alpha value is -2.24. The van der Waals surface area contributed by atoms with E-state index in [9.17, 15) is 9.59 Å². The van der Waals surface area contributed by atoms with Crippen molar-refractivity contribution in [1.82, 2.24) is 5.32 Å². The van der Waals surface area contributed by atoms with Crippen LogP contribution in [0, 0.1) is 0 Å². The molecule has 1 amide bonds. The van der Waals surface area contributed by atoms with Crippen molar-refractivity contribution < 1.29 is 14.7 Å². The largest absolute Gasteiger partial charge is 0.478 e. The highest BCUT2D eigenvalue weighted by molar-refractivity contribution is 5.95. The summed E-state index contributed by atoms with van der Waals surface area (Å²) in [5, 5.41) is 14.7. The van der Waals surface area contributed by atoms with Gasteiger partial charge in [0, 0.05) is 17.9 Å². The fourth-order valence-corrected chi connectivity index (χ4v) is 1.94. The minimum Gasteiger partial charge on any atom is -0.478 e. The Kier molecular flexibility index (Phi) is 3.36. The second kappa shape index (κ2) is 4.95. The molecule has 18 heavy (non-hydrogen) atoms. The SMILES string of the molecule is Nc1ccc(NC2CCCNC2=O)cc1C(=O)O. The minimum atomic E-state index is -1.08. The van der Waals surface area contributed by atoms with Gasteiger partial charge in [0.2, 0.25) is 5.91 Å². The average Bonchev–Trinajstić information content (AvgIpc) is 2.34. The van der Waals surface area contributed by atoms with Crippen molar-refractivity contribution in [2.45, 2.75) is 18.9 Å². The van der Waals surface area contributed by atoms with Gasteiger partial charge < -0.3 is 21.5 Å². The number of anilines is 2. The predicted molar refractivity (Wildman–Crippen MR) is 67.5 cm³/mol. The van der Waals surface area contributed by atoms with Crippen molar-refractivity contribution >= 4 is 23.3 Å². The van der Waals surface area contributed by atoms with Gasteiger partial charge in [-0.3, -0.25) is 4.79 Å². The Morgan fingerprint density at radius 1 is 1.50 bits per heavy atom. The normalized spacial score (nSPS) is 19.1. The summed E-state index contributed by atoms with van der Waals surface area (Å²) in [6, 6.07) is 4.32. The molecule has 0 spiro atoms. The van der Waals surface area contributed by atoms with Crippen LogP contribution in [0.1, 0.15) is 23.2 Å². The molecule has 1 unspecified atom stereocenters. The molecule has 0 aromatic heterocycles. The molecule has 1 aliphatic rings. The molecule has 1 heterocycles. The van der Waals surface area contributed by atoms with E-state index in [4.69, 9.17) is 10.8 Å². The number of hydrogen-bond donors (Lipinski definition) is 4. The van der Waals surface area contributed by atoms with Crippen molar-refractivity contribution in [2.75, 3.05) is 17.6 Å². The van der Waals surface area contributed by atoms with Crippen LogP contribution in [-0.2, 0) is 4.79 Å². The molecule has 1 aromatic carbocycles. The van der Waals surface area contributed by atoms with Gasteiger partial charge in [0.25, 0.3) is 0 Å². The van der Waals surface area contributed by atoms with Crippen molar-refractivity contribution in [1.29, 1.82) is 0 Å². The zero-order valence-corrected chi connectivity index (χ0v) is 9.77. The van der Waals surface area contributed by atoms with E-state index in [-0.39, 0.29) is 23.2 Å². The first-order chi connectivity index (χ1) is 8.58. The monoisotopic (exact) mass is 249 g/mol. The number of piperidine rings is 1. The fourth-order valence-electron chi connectivity index (χ4n) is 1.94. The van der Waals surface area contributed by atoms with E-state index in [1.54, 1.807) is 6.07 Å². The number of amides is 1. The van der Waals surface area contributed by atoms with Gasteiger partial charge >= 0.3 is 5.97 Å². The van der Waals surface area contributed by atoms with Crippen LogP contribution >= 0.6 is 0 Å². The van der Waals surface area contributed by atoms with E-state index >= 15 is 0 Å². The van der Waals surface area contributed by atoms with Gasteiger partial charge in [-0.15, -0.1) is 0 Å². The zero-order chi connectivity index (χ0) is 13.1. The van der Waals surface area contributed by atoms with E-state index in [1.807, 2.05) is 0 Å². The molecule has 1 fully saturated rings. The number of rotatable bonds is 3. The highest BCUT2D eigenvalue weighted by Gasteiger charge is 2.21. The van der Waals surface area contributed by atoms with Crippen molar-refractivity contribution in [3.63, 3.8) is 0 Å². The number of carboxylic acid groups (broad SMARTS) is 1. The third-order valence-corrected chi connectivity index (χ3v) is 2.91. The van der Waals surface area contributed by atoms with Crippen LogP contribution in [0.15, 0.2) is 18.2 Å². The van der Waals surface area contributed by atoms with Crippen molar-refractivity contribution in [2.24, 2.45) is 0 Å². The standard InChI is InChI=1S/C12H15N3O3/c13-9-4-3-7(6-8(9)12(17)18)15-10-2-1-5-14-11(10)16/h3-4,6,10,15H,1-2,5,13H2,(H,14,16)(H,17,18). The molecule has 1 aromatic rings. The maximum atomic E-state index is 11.6. The third-order valence-electron chi connectivity index (χ3n) is 2.91. The first-order valence-electron chi connectivity index (χ1n) is 5.75. The Labute approximate surface area is 104 Å². The predicted octanol–water partition coefficient (Wildman–Crippen LogP) is 0.657. The number of nitrogen functional groups attached to an aromatic ring is 1. The summed E-state index contributed by atoms with van der Waals surface area (Å²) in [5.74, 6) is -1.14. The molecule has 1 aliphatic heterocycles. The first kappa shape index (κ1) is 12.2.